The second-order valence-corrected chi connectivity index (χ2v) is 5.18. The summed E-state index contributed by atoms with van der Waals surface area (Å²) >= 11 is 0. The summed E-state index contributed by atoms with van der Waals surface area (Å²) in [6.45, 7) is 5.19. The molecule has 2 heteroatoms. The van der Waals surface area contributed by atoms with Crippen LogP contribution in [0.25, 0.3) is 0 Å². The molecule has 0 aliphatic rings. The van der Waals surface area contributed by atoms with E-state index in [2.05, 4.69) is 43.4 Å². The lowest BCUT2D eigenvalue weighted by atomic mass is 9.96. The van der Waals surface area contributed by atoms with Gasteiger partial charge in [-0.25, -0.2) is 0 Å². The molecule has 0 spiro atoms. The van der Waals surface area contributed by atoms with E-state index in [1.807, 2.05) is 18.2 Å². The molecule has 0 saturated heterocycles. The topological polar surface area (TPSA) is 32.3 Å². The van der Waals surface area contributed by atoms with E-state index < -0.39 is 0 Å². The Morgan fingerprint density at radius 1 is 1.00 bits per heavy atom. The van der Waals surface area contributed by atoms with Crippen molar-refractivity contribution in [3.63, 3.8) is 0 Å². The van der Waals surface area contributed by atoms with E-state index in [1.165, 1.54) is 5.56 Å². The molecule has 2 N–H and O–H groups in total. The predicted molar refractivity (Wildman–Crippen MR) is 79.0 cm³/mol. The monoisotopic (exact) mass is 255 g/mol. The van der Waals surface area contributed by atoms with Gasteiger partial charge in [0, 0.05) is 12.6 Å². The number of phenols is 1. The van der Waals surface area contributed by atoms with E-state index in [4.69, 9.17) is 0 Å². The molecule has 19 heavy (non-hydrogen) atoms. The molecule has 2 aromatic carbocycles. The first-order valence-corrected chi connectivity index (χ1v) is 6.73. The molecule has 0 aliphatic carbocycles. The number of rotatable bonds is 5. The Bertz CT molecular complexity index is 508. The number of hydrogen-bond donors (Lipinski definition) is 2. The van der Waals surface area contributed by atoms with Crippen molar-refractivity contribution in [2.75, 3.05) is 0 Å². The van der Waals surface area contributed by atoms with Crippen LogP contribution in [0, 0.1) is 5.92 Å². The summed E-state index contributed by atoms with van der Waals surface area (Å²) in [5.41, 5.74) is 2.40. The van der Waals surface area contributed by atoms with Crippen LogP contribution in [0.2, 0.25) is 0 Å². The smallest absolute Gasteiger partial charge is 0.115 e. The van der Waals surface area contributed by atoms with Crippen LogP contribution in [0.1, 0.15) is 31.0 Å². The summed E-state index contributed by atoms with van der Waals surface area (Å²) < 4.78 is 0. The Kier molecular flexibility index (Phi) is 4.58. The van der Waals surface area contributed by atoms with Gasteiger partial charge in [0.05, 0.1) is 0 Å². The van der Waals surface area contributed by atoms with Crippen LogP contribution in [-0.4, -0.2) is 5.11 Å². The minimum Gasteiger partial charge on any atom is -0.508 e. The quantitative estimate of drug-likeness (QED) is 0.849. The van der Waals surface area contributed by atoms with E-state index in [-0.39, 0.29) is 0 Å². The molecule has 2 aromatic rings. The van der Waals surface area contributed by atoms with Crippen molar-refractivity contribution in [2.24, 2.45) is 5.92 Å². The molecular weight excluding hydrogens is 234 g/mol. The highest BCUT2D eigenvalue weighted by atomic mass is 16.3. The third kappa shape index (κ3) is 3.83. The first-order valence-electron chi connectivity index (χ1n) is 6.73. The lowest BCUT2D eigenvalue weighted by molar-refractivity contribution is 0.410. The van der Waals surface area contributed by atoms with E-state index in [0.29, 0.717) is 17.7 Å². The van der Waals surface area contributed by atoms with E-state index >= 15 is 0 Å². The lowest BCUT2D eigenvalue weighted by Gasteiger charge is -2.23. The molecule has 0 amide bonds. The number of nitrogens with one attached hydrogen (secondary N) is 1. The molecule has 0 aromatic heterocycles. The first kappa shape index (κ1) is 13.6. The predicted octanol–water partition coefficient (Wildman–Crippen LogP) is 3.88. The SMILES string of the molecule is CC(C)C(NCc1cccc(O)c1)c1ccccc1. The Morgan fingerprint density at radius 3 is 2.37 bits per heavy atom. The van der Waals surface area contributed by atoms with Crippen molar-refractivity contribution < 1.29 is 5.11 Å². The van der Waals surface area contributed by atoms with Crippen molar-refractivity contribution >= 4 is 0 Å². The third-order valence-corrected chi connectivity index (χ3v) is 3.26. The van der Waals surface area contributed by atoms with Crippen LogP contribution in [0.3, 0.4) is 0 Å². The fourth-order valence-electron chi connectivity index (χ4n) is 2.29. The summed E-state index contributed by atoms with van der Waals surface area (Å²) in [7, 11) is 0. The van der Waals surface area contributed by atoms with Gasteiger partial charge in [0.25, 0.3) is 0 Å². The van der Waals surface area contributed by atoms with Crippen molar-refractivity contribution in [1.29, 1.82) is 0 Å². The van der Waals surface area contributed by atoms with Gasteiger partial charge in [0.2, 0.25) is 0 Å². The normalized spacial score (nSPS) is 12.6. The molecule has 0 fully saturated rings. The largest absolute Gasteiger partial charge is 0.508 e. The fraction of sp³-hybridized carbons (Fsp3) is 0.294. The Labute approximate surface area is 115 Å². The van der Waals surface area contributed by atoms with Gasteiger partial charge in [0.1, 0.15) is 5.75 Å². The summed E-state index contributed by atoms with van der Waals surface area (Å²) in [4.78, 5) is 0. The number of phenolic OH excluding ortho intramolecular Hbond substituents is 1. The molecule has 2 nitrogen and oxygen atoms in total. The van der Waals surface area contributed by atoms with Crippen molar-refractivity contribution in [1.82, 2.24) is 5.32 Å². The minimum absolute atomic E-state index is 0.320. The molecule has 0 aliphatic heterocycles. The average molecular weight is 255 g/mol. The van der Waals surface area contributed by atoms with Gasteiger partial charge in [-0.3, -0.25) is 0 Å². The van der Waals surface area contributed by atoms with Gasteiger partial charge in [-0.05, 0) is 29.2 Å². The molecule has 100 valence electrons. The Balaban J connectivity index is 2.06. The van der Waals surface area contributed by atoms with Gasteiger partial charge in [-0.15, -0.1) is 0 Å². The zero-order chi connectivity index (χ0) is 13.7. The zero-order valence-corrected chi connectivity index (χ0v) is 11.5. The average Bonchev–Trinajstić information content (AvgIpc) is 2.40. The molecule has 2 rings (SSSR count). The molecule has 0 saturated carbocycles. The maximum atomic E-state index is 9.48. The minimum atomic E-state index is 0.320. The van der Waals surface area contributed by atoms with Gasteiger partial charge in [-0.1, -0.05) is 56.3 Å². The highest BCUT2D eigenvalue weighted by molar-refractivity contribution is 5.27. The highest BCUT2D eigenvalue weighted by Crippen LogP contribution is 2.22. The van der Waals surface area contributed by atoms with Crippen molar-refractivity contribution in [2.45, 2.75) is 26.4 Å². The van der Waals surface area contributed by atoms with Crippen LogP contribution in [-0.2, 0) is 6.54 Å². The molecular formula is C17H21NO. The van der Waals surface area contributed by atoms with E-state index in [0.717, 1.165) is 12.1 Å². The number of benzene rings is 2. The van der Waals surface area contributed by atoms with Gasteiger partial charge in [-0.2, -0.15) is 0 Å². The van der Waals surface area contributed by atoms with Crippen molar-refractivity contribution in [3.8, 4) is 5.75 Å². The third-order valence-electron chi connectivity index (χ3n) is 3.26. The number of hydrogen-bond acceptors (Lipinski definition) is 2. The Hall–Kier alpha value is -1.80. The molecule has 0 heterocycles. The zero-order valence-electron chi connectivity index (χ0n) is 11.5. The van der Waals surface area contributed by atoms with E-state index in [1.54, 1.807) is 12.1 Å². The maximum absolute atomic E-state index is 9.48. The van der Waals surface area contributed by atoms with Gasteiger partial charge >= 0.3 is 0 Å². The second-order valence-electron chi connectivity index (χ2n) is 5.18. The summed E-state index contributed by atoms with van der Waals surface area (Å²) in [6.07, 6.45) is 0. The molecule has 1 atom stereocenters. The van der Waals surface area contributed by atoms with Gasteiger partial charge in [0.15, 0.2) is 0 Å². The number of aromatic hydroxyl groups is 1. The van der Waals surface area contributed by atoms with Crippen LogP contribution < -0.4 is 5.32 Å². The fourth-order valence-corrected chi connectivity index (χ4v) is 2.29. The summed E-state index contributed by atoms with van der Waals surface area (Å²) in [5, 5.41) is 13.0. The molecule has 1 unspecified atom stereocenters. The second kappa shape index (κ2) is 6.39. The van der Waals surface area contributed by atoms with Crippen LogP contribution >= 0.6 is 0 Å². The standard InChI is InChI=1S/C17H21NO/c1-13(2)17(15-8-4-3-5-9-15)18-12-14-7-6-10-16(19)11-14/h3-11,13,17-19H,12H2,1-2H3. The van der Waals surface area contributed by atoms with E-state index in [9.17, 15) is 5.11 Å². The molecule has 0 bridgehead atoms. The van der Waals surface area contributed by atoms with Crippen molar-refractivity contribution in [3.05, 3.63) is 65.7 Å². The van der Waals surface area contributed by atoms with Crippen LogP contribution in [0.15, 0.2) is 54.6 Å². The summed E-state index contributed by atoms with van der Waals surface area (Å²) in [5.74, 6) is 0.833. The van der Waals surface area contributed by atoms with Crippen LogP contribution in [0.4, 0.5) is 0 Å². The summed E-state index contributed by atoms with van der Waals surface area (Å²) in [6, 6.07) is 18.2. The first-order chi connectivity index (χ1) is 9.16. The maximum Gasteiger partial charge on any atom is 0.115 e. The molecule has 0 radical (unpaired) electrons. The lowest BCUT2D eigenvalue weighted by Crippen LogP contribution is -2.25. The van der Waals surface area contributed by atoms with Gasteiger partial charge < -0.3 is 10.4 Å². The Morgan fingerprint density at radius 2 is 1.74 bits per heavy atom. The highest BCUT2D eigenvalue weighted by Gasteiger charge is 2.14. The van der Waals surface area contributed by atoms with Crippen LogP contribution in [0.5, 0.6) is 5.75 Å².